The van der Waals surface area contributed by atoms with Gasteiger partial charge in [0.25, 0.3) is 0 Å². The summed E-state index contributed by atoms with van der Waals surface area (Å²) in [6.07, 6.45) is 7.85. The maximum absolute atomic E-state index is 9.77. The molecular weight excluding hydrogens is 226 g/mol. The largest absolute Gasteiger partial charge is 0.393 e. The Morgan fingerprint density at radius 2 is 2.06 bits per heavy atom. The van der Waals surface area contributed by atoms with E-state index in [1.165, 1.54) is 0 Å². The molecule has 1 aromatic heterocycles. The summed E-state index contributed by atoms with van der Waals surface area (Å²) in [5, 5.41) is 16.5. The molecule has 0 bridgehead atoms. The van der Waals surface area contributed by atoms with Gasteiger partial charge in [-0.15, -0.1) is 0 Å². The van der Waals surface area contributed by atoms with E-state index in [1.807, 2.05) is 12.4 Å². The second kappa shape index (κ2) is 6.59. The topological polar surface area (TPSA) is 57.2 Å². The fourth-order valence-corrected chi connectivity index (χ4v) is 2.41. The highest BCUT2D eigenvalue weighted by Crippen LogP contribution is 2.26. The molecule has 1 fully saturated rings. The van der Waals surface area contributed by atoms with Crippen molar-refractivity contribution in [3.8, 4) is 0 Å². The number of aliphatic hydroxyl groups is 1. The molecule has 0 amide bonds. The molecule has 18 heavy (non-hydrogen) atoms. The smallest absolute Gasteiger partial charge is 0.0585 e. The van der Waals surface area contributed by atoms with Gasteiger partial charge in [-0.05, 0) is 25.3 Å². The summed E-state index contributed by atoms with van der Waals surface area (Å²) in [7, 11) is 0. The SMILES string of the molecule is CCCNc1cncc(NCC2CCCC2O)c1. The van der Waals surface area contributed by atoms with Crippen molar-refractivity contribution in [1.82, 2.24) is 4.98 Å². The first-order valence-electron chi connectivity index (χ1n) is 6.90. The second-order valence-electron chi connectivity index (χ2n) is 5.03. The zero-order valence-electron chi connectivity index (χ0n) is 11.0. The molecule has 1 aromatic rings. The van der Waals surface area contributed by atoms with Crippen molar-refractivity contribution in [2.75, 3.05) is 23.7 Å². The van der Waals surface area contributed by atoms with Gasteiger partial charge in [0.1, 0.15) is 0 Å². The van der Waals surface area contributed by atoms with Crippen molar-refractivity contribution in [3.05, 3.63) is 18.5 Å². The average molecular weight is 249 g/mol. The normalized spacial score (nSPS) is 23.0. The van der Waals surface area contributed by atoms with Crippen LogP contribution < -0.4 is 10.6 Å². The van der Waals surface area contributed by atoms with Gasteiger partial charge in [0, 0.05) is 19.0 Å². The molecule has 0 aromatic carbocycles. The zero-order valence-corrected chi connectivity index (χ0v) is 11.0. The predicted molar refractivity (Wildman–Crippen MR) is 74.9 cm³/mol. The number of aromatic nitrogens is 1. The molecule has 0 saturated heterocycles. The maximum Gasteiger partial charge on any atom is 0.0585 e. The first-order chi connectivity index (χ1) is 8.79. The lowest BCUT2D eigenvalue weighted by atomic mass is 10.1. The Bertz CT molecular complexity index is 370. The minimum Gasteiger partial charge on any atom is -0.393 e. The van der Waals surface area contributed by atoms with Gasteiger partial charge >= 0.3 is 0 Å². The molecule has 100 valence electrons. The molecule has 0 spiro atoms. The predicted octanol–water partition coefficient (Wildman–Crippen LogP) is 2.48. The minimum absolute atomic E-state index is 0.133. The Morgan fingerprint density at radius 1 is 1.28 bits per heavy atom. The van der Waals surface area contributed by atoms with E-state index in [0.717, 1.165) is 50.1 Å². The first-order valence-corrected chi connectivity index (χ1v) is 6.90. The summed E-state index contributed by atoms with van der Waals surface area (Å²) in [5.41, 5.74) is 2.07. The van der Waals surface area contributed by atoms with E-state index in [0.29, 0.717) is 5.92 Å². The summed E-state index contributed by atoms with van der Waals surface area (Å²) in [6, 6.07) is 2.07. The van der Waals surface area contributed by atoms with Gasteiger partial charge in [-0.3, -0.25) is 4.98 Å². The van der Waals surface area contributed by atoms with Crippen LogP contribution in [0.3, 0.4) is 0 Å². The fourth-order valence-electron chi connectivity index (χ4n) is 2.41. The van der Waals surface area contributed by atoms with Crippen LogP contribution in [0, 0.1) is 5.92 Å². The lowest BCUT2D eigenvalue weighted by Crippen LogP contribution is -2.21. The molecular formula is C14H23N3O. The maximum atomic E-state index is 9.77. The van der Waals surface area contributed by atoms with Crippen molar-refractivity contribution < 1.29 is 5.11 Å². The summed E-state index contributed by atoms with van der Waals surface area (Å²) in [4.78, 5) is 4.21. The van der Waals surface area contributed by atoms with Crippen molar-refractivity contribution in [2.45, 2.75) is 38.7 Å². The summed E-state index contributed by atoms with van der Waals surface area (Å²) >= 11 is 0. The molecule has 2 atom stereocenters. The molecule has 3 N–H and O–H groups in total. The Hall–Kier alpha value is -1.29. The Kier molecular flexibility index (Phi) is 4.81. The summed E-state index contributed by atoms with van der Waals surface area (Å²) in [6.45, 7) is 3.94. The molecule has 4 heteroatoms. The number of nitrogens with one attached hydrogen (secondary N) is 2. The zero-order chi connectivity index (χ0) is 12.8. The Balaban J connectivity index is 1.84. The molecule has 1 heterocycles. The number of nitrogens with zero attached hydrogens (tertiary/aromatic N) is 1. The lowest BCUT2D eigenvalue weighted by molar-refractivity contribution is 0.138. The van der Waals surface area contributed by atoms with Crippen LogP contribution in [0.25, 0.3) is 0 Å². The Labute approximate surface area is 109 Å². The summed E-state index contributed by atoms with van der Waals surface area (Å²) in [5.74, 6) is 0.386. The van der Waals surface area contributed by atoms with Gasteiger partial charge in [0.2, 0.25) is 0 Å². The lowest BCUT2D eigenvalue weighted by Gasteiger charge is -2.16. The molecule has 1 aliphatic rings. The third-order valence-corrected chi connectivity index (χ3v) is 3.50. The number of hydrogen-bond acceptors (Lipinski definition) is 4. The number of aliphatic hydroxyl groups excluding tert-OH is 1. The van der Waals surface area contributed by atoms with Gasteiger partial charge in [0.05, 0.1) is 29.9 Å². The highest BCUT2D eigenvalue weighted by atomic mass is 16.3. The van der Waals surface area contributed by atoms with Gasteiger partial charge in [0.15, 0.2) is 0 Å². The van der Waals surface area contributed by atoms with Gasteiger partial charge in [-0.25, -0.2) is 0 Å². The highest BCUT2D eigenvalue weighted by molar-refractivity contribution is 5.53. The average Bonchev–Trinajstić information content (AvgIpc) is 2.80. The fraction of sp³-hybridized carbons (Fsp3) is 0.643. The standard InChI is InChI=1S/C14H23N3O/c1-2-6-16-12-7-13(10-15-9-12)17-8-11-4-3-5-14(11)18/h7,9-11,14,16-18H,2-6,8H2,1H3. The van der Waals surface area contributed by atoms with Crippen LogP contribution in [0.15, 0.2) is 18.5 Å². The molecule has 2 rings (SSSR count). The van der Waals surface area contributed by atoms with E-state index in [2.05, 4.69) is 28.6 Å². The molecule has 0 radical (unpaired) electrons. The van der Waals surface area contributed by atoms with Gasteiger partial charge < -0.3 is 15.7 Å². The van der Waals surface area contributed by atoms with E-state index in [1.54, 1.807) is 0 Å². The molecule has 2 unspecified atom stereocenters. The number of pyridine rings is 1. The van der Waals surface area contributed by atoms with Crippen molar-refractivity contribution >= 4 is 11.4 Å². The van der Waals surface area contributed by atoms with E-state index in [-0.39, 0.29) is 6.10 Å². The number of anilines is 2. The first kappa shape index (κ1) is 13.1. The van der Waals surface area contributed by atoms with Gasteiger partial charge in [-0.2, -0.15) is 0 Å². The molecule has 1 aliphatic carbocycles. The quantitative estimate of drug-likeness (QED) is 0.725. The molecule has 4 nitrogen and oxygen atoms in total. The van der Waals surface area contributed by atoms with Gasteiger partial charge in [-0.1, -0.05) is 13.3 Å². The third-order valence-electron chi connectivity index (χ3n) is 3.50. The third kappa shape index (κ3) is 3.60. The second-order valence-corrected chi connectivity index (χ2v) is 5.03. The Morgan fingerprint density at radius 3 is 2.72 bits per heavy atom. The minimum atomic E-state index is -0.133. The highest BCUT2D eigenvalue weighted by Gasteiger charge is 2.24. The van der Waals surface area contributed by atoms with E-state index in [4.69, 9.17) is 0 Å². The van der Waals surface area contributed by atoms with Crippen LogP contribution in [0.5, 0.6) is 0 Å². The van der Waals surface area contributed by atoms with Crippen LogP contribution in [-0.4, -0.2) is 29.3 Å². The van der Waals surface area contributed by atoms with Crippen LogP contribution in [0.4, 0.5) is 11.4 Å². The molecule has 1 saturated carbocycles. The monoisotopic (exact) mass is 249 g/mol. The van der Waals surface area contributed by atoms with Crippen molar-refractivity contribution in [3.63, 3.8) is 0 Å². The van der Waals surface area contributed by atoms with E-state index < -0.39 is 0 Å². The number of rotatable bonds is 6. The van der Waals surface area contributed by atoms with Crippen LogP contribution in [0.1, 0.15) is 32.6 Å². The van der Waals surface area contributed by atoms with Crippen molar-refractivity contribution in [2.24, 2.45) is 5.92 Å². The number of hydrogen-bond donors (Lipinski definition) is 3. The van der Waals surface area contributed by atoms with Crippen LogP contribution >= 0.6 is 0 Å². The van der Waals surface area contributed by atoms with Crippen LogP contribution in [0.2, 0.25) is 0 Å². The molecule has 0 aliphatic heterocycles. The van der Waals surface area contributed by atoms with E-state index in [9.17, 15) is 5.11 Å². The summed E-state index contributed by atoms with van der Waals surface area (Å²) < 4.78 is 0. The van der Waals surface area contributed by atoms with Crippen LogP contribution in [-0.2, 0) is 0 Å². The van der Waals surface area contributed by atoms with E-state index >= 15 is 0 Å². The van der Waals surface area contributed by atoms with Crippen molar-refractivity contribution in [1.29, 1.82) is 0 Å².